The third-order valence-electron chi connectivity index (χ3n) is 4.56. The van der Waals surface area contributed by atoms with E-state index in [9.17, 15) is 9.59 Å². The molecule has 0 saturated heterocycles. The zero-order valence-electron chi connectivity index (χ0n) is 17.5. The Morgan fingerprint density at radius 1 is 1.13 bits per heavy atom. The van der Waals surface area contributed by atoms with E-state index >= 15 is 0 Å². The molecule has 156 valence electrons. The highest BCUT2D eigenvalue weighted by Gasteiger charge is 2.24. The van der Waals surface area contributed by atoms with Crippen molar-refractivity contribution < 1.29 is 14.3 Å². The minimum Gasteiger partial charge on any atom is -0.465 e. The maximum atomic E-state index is 12.8. The van der Waals surface area contributed by atoms with Crippen LogP contribution in [0.15, 0.2) is 41.4 Å². The van der Waals surface area contributed by atoms with Crippen LogP contribution in [0.3, 0.4) is 0 Å². The first-order valence-corrected chi connectivity index (χ1v) is 11.1. The molecule has 1 aromatic carbocycles. The maximum absolute atomic E-state index is 12.8. The van der Waals surface area contributed by atoms with Crippen molar-refractivity contribution in [3.8, 4) is 11.3 Å². The van der Waals surface area contributed by atoms with Crippen molar-refractivity contribution in [2.24, 2.45) is 0 Å². The van der Waals surface area contributed by atoms with Crippen molar-refractivity contribution in [1.29, 1.82) is 0 Å². The van der Waals surface area contributed by atoms with Gasteiger partial charge in [0.1, 0.15) is 15.9 Å². The molecule has 2 heterocycles. The standard InChI is InChI=1S/C22H23N3O3S2/c1-12-13(2)30-21(19(12)22(27)28-5)25-20(26)14(3)29-18-11-17(23-15(4)24-18)16-9-7-6-8-10-16/h6-11,14H,1-5H3,(H,25,26). The molecule has 1 amide bonds. The van der Waals surface area contributed by atoms with Gasteiger partial charge in [-0.05, 0) is 39.3 Å². The van der Waals surface area contributed by atoms with Crippen molar-refractivity contribution >= 4 is 40.0 Å². The second-order valence-corrected chi connectivity index (χ2v) is 9.32. The first kappa shape index (κ1) is 22.0. The lowest BCUT2D eigenvalue weighted by Gasteiger charge is -2.13. The number of aromatic nitrogens is 2. The number of anilines is 1. The molecule has 30 heavy (non-hydrogen) atoms. The molecule has 0 bridgehead atoms. The van der Waals surface area contributed by atoms with E-state index in [0.717, 1.165) is 26.7 Å². The van der Waals surface area contributed by atoms with Crippen molar-refractivity contribution in [3.05, 3.63) is 58.2 Å². The first-order valence-electron chi connectivity index (χ1n) is 9.37. The van der Waals surface area contributed by atoms with Crippen LogP contribution < -0.4 is 5.32 Å². The fourth-order valence-electron chi connectivity index (χ4n) is 2.87. The Morgan fingerprint density at radius 3 is 2.50 bits per heavy atom. The van der Waals surface area contributed by atoms with Crippen LogP contribution in [0.2, 0.25) is 0 Å². The smallest absolute Gasteiger partial charge is 0.341 e. The van der Waals surface area contributed by atoms with E-state index in [1.165, 1.54) is 30.2 Å². The normalized spacial score (nSPS) is 11.8. The number of hydrogen-bond acceptors (Lipinski definition) is 7. The minimum absolute atomic E-state index is 0.205. The maximum Gasteiger partial charge on any atom is 0.341 e. The van der Waals surface area contributed by atoms with Crippen LogP contribution in [0.25, 0.3) is 11.3 Å². The molecule has 6 nitrogen and oxygen atoms in total. The third kappa shape index (κ3) is 4.88. The number of carbonyl (C=O) groups excluding carboxylic acids is 2. The Bertz CT molecular complexity index is 1080. The number of benzene rings is 1. The van der Waals surface area contributed by atoms with Gasteiger partial charge in [0.2, 0.25) is 5.91 Å². The highest BCUT2D eigenvalue weighted by molar-refractivity contribution is 8.00. The van der Waals surface area contributed by atoms with E-state index in [1.807, 2.05) is 64.1 Å². The number of nitrogens with zero attached hydrogens (tertiary/aromatic N) is 2. The van der Waals surface area contributed by atoms with E-state index in [-0.39, 0.29) is 5.91 Å². The van der Waals surface area contributed by atoms with Crippen LogP contribution in [0.1, 0.15) is 33.5 Å². The molecule has 0 aliphatic rings. The van der Waals surface area contributed by atoms with Gasteiger partial charge in [-0.15, -0.1) is 11.3 Å². The van der Waals surface area contributed by atoms with Crippen LogP contribution >= 0.6 is 23.1 Å². The monoisotopic (exact) mass is 441 g/mol. The van der Waals surface area contributed by atoms with Gasteiger partial charge in [0.15, 0.2) is 0 Å². The zero-order chi connectivity index (χ0) is 21.8. The Morgan fingerprint density at radius 2 is 1.83 bits per heavy atom. The second kappa shape index (κ2) is 9.40. The average molecular weight is 442 g/mol. The van der Waals surface area contributed by atoms with Gasteiger partial charge >= 0.3 is 5.97 Å². The first-order chi connectivity index (χ1) is 14.3. The molecule has 0 aliphatic carbocycles. The van der Waals surface area contributed by atoms with Gasteiger partial charge in [-0.1, -0.05) is 42.1 Å². The summed E-state index contributed by atoms with van der Waals surface area (Å²) in [6.45, 7) is 7.40. The molecule has 0 spiro atoms. The summed E-state index contributed by atoms with van der Waals surface area (Å²) in [4.78, 5) is 34.9. The van der Waals surface area contributed by atoms with Gasteiger partial charge in [0, 0.05) is 10.4 Å². The fraction of sp³-hybridized carbons (Fsp3) is 0.273. The number of thioether (sulfide) groups is 1. The van der Waals surface area contributed by atoms with Gasteiger partial charge in [-0.2, -0.15) is 0 Å². The summed E-state index contributed by atoms with van der Waals surface area (Å²) in [5.74, 6) is -0.0146. The minimum atomic E-state index is -0.452. The highest BCUT2D eigenvalue weighted by Crippen LogP contribution is 2.34. The Labute approximate surface area is 184 Å². The number of aryl methyl sites for hydroxylation is 2. The summed E-state index contributed by atoms with van der Waals surface area (Å²) in [6, 6.07) is 11.7. The molecule has 8 heteroatoms. The summed E-state index contributed by atoms with van der Waals surface area (Å²) in [5.41, 5.74) is 3.04. The summed E-state index contributed by atoms with van der Waals surface area (Å²) >= 11 is 2.72. The van der Waals surface area contributed by atoms with Crippen LogP contribution in [0.5, 0.6) is 0 Å². The topological polar surface area (TPSA) is 81.2 Å². The van der Waals surface area contributed by atoms with Crippen LogP contribution in [0, 0.1) is 20.8 Å². The predicted octanol–water partition coefficient (Wildman–Crippen LogP) is 5.04. The summed E-state index contributed by atoms with van der Waals surface area (Å²) in [6.07, 6.45) is 0. The van der Waals surface area contributed by atoms with Crippen molar-refractivity contribution in [3.63, 3.8) is 0 Å². The van der Waals surface area contributed by atoms with Gasteiger partial charge in [-0.25, -0.2) is 14.8 Å². The van der Waals surface area contributed by atoms with Crippen molar-refractivity contribution in [2.45, 2.75) is 38.0 Å². The predicted molar refractivity (Wildman–Crippen MR) is 121 cm³/mol. The largest absolute Gasteiger partial charge is 0.465 e. The number of rotatable bonds is 6. The highest BCUT2D eigenvalue weighted by atomic mass is 32.2. The number of thiophene rings is 1. The SMILES string of the molecule is COC(=O)c1c(NC(=O)C(C)Sc2cc(-c3ccccc3)nc(C)n2)sc(C)c1C. The Balaban J connectivity index is 1.78. The molecule has 0 aliphatic heterocycles. The van der Waals surface area contributed by atoms with E-state index in [4.69, 9.17) is 4.74 Å². The second-order valence-electron chi connectivity index (χ2n) is 6.73. The number of esters is 1. The molecule has 1 atom stereocenters. The average Bonchev–Trinajstić information content (AvgIpc) is 3.00. The number of nitrogens with one attached hydrogen (secondary N) is 1. The lowest BCUT2D eigenvalue weighted by atomic mass is 10.1. The van der Waals surface area contributed by atoms with E-state index in [2.05, 4.69) is 15.3 Å². The van der Waals surface area contributed by atoms with E-state index in [1.54, 1.807) is 0 Å². The Hall–Kier alpha value is -2.71. The van der Waals surface area contributed by atoms with Gasteiger partial charge < -0.3 is 10.1 Å². The molecule has 1 N–H and O–H groups in total. The molecule has 0 radical (unpaired) electrons. The Kier molecular flexibility index (Phi) is 6.89. The van der Waals surface area contributed by atoms with E-state index < -0.39 is 11.2 Å². The van der Waals surface area contributed by atoms with Gasteiger partial charge in [0.05, 0.1) is 23.6 Å². The summed E-state index contributed by atoms with van der Waals surface area (Å²) in [5, 5.41) is 3.69. The van der Waals surface area contributed by atoms with Crippen LogP contribution in [-0.4, -0.2) is 34.2 Å². The molecule has 0 saturated carbocycles. The van der Waals surface area contributed by atoms with Crippen molar-refractivity contribution in [2.75, 3.05) is 12.4 Å². The van der Waals surface area contributed by atoms with E-state index in [0.29, 0.717) is 16.4 Å². The third-order valence-corrected chi connectivity index (χ3v) is 6.70. The molecule has 1 unspecified atom stereocenters. The van der Waals surface area contributed by atoms with Crippen LogP contribution in [0.4, 0.5) is 5.00 Å². The molecule has 3 rings (SSSR count). The van der Waals surface area contributed by atoms with Gasteiger partial charge in [-0.3, -0.25) is 4.79 Å². The quantitative estimate of drug-likeness (QED) is 0.328. The number of amides is 1. The lowest BCUT2D eigenvalue weighted by molar-refractivity contribution is -0.115. The molecule has 3 aromatic rings. The number of methoxy groups -OCH3 is 1. The fourth-order valence-corrected chi connectivity index (χ4v) is 4.81. The number of hydrogen-bond donors (Lipinski definition) is 1. The number of ether oxygens (including phenoxy) is 1. The number of carbonyl (C=O) groups is 2. The summed E-state index contributed by atoms with van der Waals surface area (Å²) < 4.78 is 4.87. The van der Waals surface area contributed by atoms with Crippen LogP contribution in [-0.2, 0) is 9.53 Å². The molecule has 0 fully saturated rings. The molecular weight excluding hydrogens is 418 g/mol. The molecular formula is C22H23N3O3S2. The summed E-state index contributed by atoms with van der Waals surface area (Å²) in [7, 11) is 1.33. The van der Waals surface area contributed by atoms with Gasteiger partial charge in [0.25, 0.3) is 0 Å². The molecule has 2 aromatic heterocycles. The zero-order valence-corrected chi connectivity index (χ0v) is 19.1. The lowest BCUT2D eigenvalue weighted by Crippen LogP contribution is -2.23. The van der Waals surface area contributed by atoms with Crippen molar-refractivity contribution in [1.82, 2.24) is 9.97 Å².